The maximum Gasteiger partial charge on any atom is 0.288 e. The van der Waals surface area contributed by atoms with Gasteiger partial charge in [0.1, 0.15) is 11.5 Å². The molecule has 0 aliphatic rings. The molecule has 0 atom stereocenters. The topological polar surface area (TPSA) is 41.5 Å². The van der Waals surface area contributed by atoms with Gasteiger partial charge in [-0.15, -0.1) is 0 Å². The van der Waals surface area contributed by atoms with Crippen LogP contribution >= 0.6 is 11.8 Å². The number of nitrogens with one attached hydrogen (secondary N) is 1. The molecule has 2 rings (SSSR count). The summed E-state index contributed by atoms with van der Waals surface area (Å²) in [6.07, 6.45) is 0. The molecule has 2 aromatic carbocycles. The fourth-order valence-electron chi connectivity index (χ4n) is 1.77. The summed E-state index contributed by atoms with van der Waals surface area (Å²) < 4.78 is 29.4. The lowest BCUT2D eigenvalue weighted by Crippen LogP contribution is -1.99. The van der Waals surface area contributed by atoms with Crippen molar-refractivity contribution >= 4 is 17.4 Å². The Balaban J connectivity index is 1.96. The van der Waals surface area contributed by atoms with Gasteiger partial charge in [-0.3, -0.25) is 0 Å². The molecule has 0 unspecified atom stereocenters. The Morgan fingerprint density at radius 1 is 1.19 bits per heavy atom. The largest absolute Gasteiger partial charge is 0.507 e. The van der Waals surface area contributed by atoms with Crippen LogP contribution in [0.4, 0.5) is 14.5 Å². The molecular formula is C15H15F2NO2S. The van der Waals surface area contributed by atoms with E-state index < -0.39 is 5.76 Å². The fourth-order valence-corrected chi connectivity index (χ4v) is 2.27. The number of phenolic OH excluding ortho intramolecular Hbond substituents is 1. The Morgan fingerprint density at radius 2 is 1.90 bits per heavy atom. The monoisotopic (exact) mass is 311 g/mol. The second-order valence-electron chi connectivity index (χ2n) is 4.25. The van der Waals surface area contributed by atoms with E-state index >= 15 is 0 Å². The summed E-state index contributed by atoms with van der Waals surface area (Å²) >= 11 is 0.513. The van der Waals surface area contributed by atoms with Crippen molar-refractivity contribution in [3.63, 3.8) is 0 Å². The lowest BCUT2D eigenvalue weighted by molar-refractivity contribution is 0.252. The van der Waals surface area contributed by atoms with E-state index in [9.17, 15) is 13.9 Å². The Morgan fingerprint density at radius 3 is 2.48 bits per heavy atom. The Kier molecular flexibility index (Phi) is 5.27. The highest BCUT2D eigenvalue weighted by molar-refractivity contribution is 7.99. The Hall–Kier alpha value is -1.95. The quantitative estimate of drug-likeness (QED) is 0.779. The molecule has 0 bridgehead atoms. The van der Waals surface area contributed by atoms with Gasteiger partial charge in [0.05, 0.1) is 7.11 Å². The lowest BCUT2D eigenvalue weighted by Gasteiger charge is -2.10. The van der Waals surface area contributed by atoms with Crippen molar-refractivity contribution < 1.29 is 18.6 Å². The Labute approximate surface area is 125 Å². The molecule has 0 saturated carbocycles. The first-order chi connectivity index (χ1) is 10.1. The van der Waals surface area contributed by atoms with Crippen LogP contribution in [0.5, 0.6) is 11.5 Å². The van der Waals surface area contributed by atoms with Crippen LogP contribution in [0.2, 0.25) is 0 Å². The van der Waals surface area contributed by atoms with Crippen LogP contribution in [-0.2, 0) is 6.54 Å². The SMILES string of the molecule is COc1ccc(CNc2ccc(SC(F)F)cc2)c(O)c1. The zero-order valence-electron chi connectivity index (χ0n) is 11.3. The van der Waals surface area contributed by atoms with E-state index in [0.717, 1.165) is 11.3 Å². The third kappa shape index (κ3) is 4.53. The zero-order valence-corrected chi connectivity index (χ0v) is 12.2. The van der Waals surface area contributed by atoms with Gasteiger partial charge in [0.25, 0.3) is 5.76 Å². The molecule has 3 nitrogen and oxygen atoms in total. The van der Waals surface area contributed by atoms with Crippen LogP contribution in [0, 0.1) is 0 Å². The van der Waals surface area contributed by atoms with Gasteiger partial charge in [0, 0.05) is 28.8 Å². The minimum absolute atomic E-state index is 0.145. The molecule has 112 valence electrons. The number of alkyl halides is 2. The van der Waals surface area contributed by atoms with Gasteiger partial charge >= 0.3 is 0 Å². The molecule has 0 heterocycles. The number of thioether (sulfide) groups is 1. The molecule has 0 amide bonds. The number of benzene rings is 2. The summed E-state index contributed by atoms with van der Waals surface area (Å²) in [5.74, 6) is -1.68. The van der Waals surface area contributed by atoms with E-state index in [1.165, 1.54) is 7.11 Å². The van der Waals surface area contributed by atoms with Gasteiger partial charge in [-0.25, -0.2) is 0 Å². The van der Waals surface area contributed by atoms with Crippen molar-refractivity contribution in [1.29, 1.82) is 0 Å². The fraction of sp³-hybridized carbons (Fsp3) is 0.200. The average molecular weight is 311 g/mol. The van der Waals surface area contributed by atoms with Crippen molar-refractivity contribution in [2.45, 2.75) is 17.2 Å². The van der Waals surface area contributed by atoms with E-state index in [1.54, 1.807) is 42.5 Å². The second-order valence-corrected chi connectivity index (χ2v) is 5.31. The van der Waals surface area contributed by atoms with Crippen molar-refractivity contribution in [2.75, 3.05) is 12.4 Å². The number of hydrogen-bond acceptors (Lipinski definition) is 4. The van der Waals surface area contributed by atoms with E-state index in [1.807, 2.05) is 0 Å². The highest BCUT2D eigenvalue weighted by Gasteiger charge is 2.06. The Bertz CT molecular complexity index is 591. The molecule has 0 spiro atoms. The van der Waals surface area contributed by atoms with Crippen molar-refractivity contribution in [2.24, 2.45) is 0 Å². The van der Waals surface area contributed by atoms with Crippen LogP contribution in [-0.4, -0.2) is 18.0 Å². The molecular weight excluding hydrogens is 296 g/mol. The van der Waals surface area contributed by atoms with E-state index in [4.69, 9.17) is 4.74 Å². The lowest BCUT2D eigenvalue weighted by atomic mass is 10.2. The molecule has 0 aliphatic carbocycles. The van der Waals surface area contributed by atoms with Gasteiger partial charge in [-0.2, -0.15) is 8.78 Å². The van der Waals surface area contributed by atoms with Crippen LogP contribution in [0.1, 0.15) is 5.56 Å². The summed E-state index contributed by atoms with van der Waals surface area (Å²) in [5.41, 5.74) is 1.52. The minimum Gasteiger partial charge on any atom is -0.507 e. The maximum absolute atomic E-state index is 12.2. The van der Waals surface area contributed by atoms with Gasteiger partial charge in [-0.05, 0) is 36.4 Å². The summed E-state index contributed by atoms with van der Waals surface area (Å²) in [6, 6.07) is 11.8. The summed E-state index contributed by atoms with van der Waals surface area (Å²) in [7, 11) is 1.53. The van der Waals surface area contributed by atoms with Crippen molar-refractivity contribution in [3.05, 3.63) is 48.0 Å². The summed E-state index contributed by atoms with van der Waals surface area (Å²) in [6.45, 7) is 0.428. The third-order valence-corrected chi connectivity index (χ3v) is 3.58. The van der Waals surface area contributed by atoms with E-state index in [2.05, 4.69) is 5.32 Å². The van der Waals surface area contributed by atoms with E-state index in [0.29, 0.717) is 29.0 Å². The number of phenols is 1. The molecule has 21 heavy (non-hydrogen) atoms. The first-order valence-electron chi connectivity index (χ1n) is 6.23. The van der Waals surface area contributed by atoms with Gasteiger partial charge < -0.3 is 15.2 Å². The maximum atomic E-state index is 12.2. The summed E-state index contributed by atoms with van der Waals surface area (Å²) in [4.78, 5) is 0.517. The molecule has 2 aromatic rings. The molecule has 0 fully saturated rings. The van der Waals surface area contributed by atoms with E-state index in [-0.39, 0.29) is 5.75 Å². The number of aromatic hydroxyl groups is 1. The van der Waals surface area contributed by atoms with Gasteiger partial charge in [0.2, 0.25) is 0 Å². The highest BCUT2D eigenvalue weighted by Crippen LogP contribution is 2.27. The van der Waals surface area contributed by atoms with Gasteiger partial charge in [0.15, 0.2) is 0 Å². The second kappa shape index (κ2) is 7.17. The molecule has 0 aliphatic heterocycles. The molecule has 2 N–H and O–H groups in total. The standard InChI is InChI=1S/C15H15F2NO2S/c1-20-12-5-2-10(14(19)8-12)9-18-11-3-6-13(7-4-11)21-15(16)17/h2-8,15,18-19H,9H2,1H3. The van der Waals surface area contributed by atoms with Crippen LogP contribution in [0.25, 0.3) is 0 Å². The number of halogens is 2. The highest BCUT2D eigenvalue weighted by atomic mass is 32.2. The third-order valence-electron chi connectivity index (χ3n) is 2.85. The predicted octanol–water partition coefficient (Wildman–Crippen LogP) is 4.33. The van der Waals surface area contributed by atoms with Crippen molar-refractivity contribution in [3.8, 4) is 11.5 Å². The molecule has 0 radical (unpaired) electrons. The molecule has 0 saturated heterocycles. The number of methoxy groups -OCH3 is 1. The molecule has 0 aromatic heterocycles. The predicted molar refractivity (Wildman–Crippen MR) is 80.3 cm³/mol. The van der Waals surface area contributed by atoms with Crippen LogP contribution in [0.3, 0.4) is 0 Å². The number of rotatable bonds is 6. The van der Waals surface area contributed by atoms with Gasteiger partial charge in [-0.1, -0.05) is 11.8 Å². The number of hydrogen-bond donors (Lipinski definition) is 2. The van der Waals surface area contributed by atoms with Crippen LogP contribution < -0.4 is 10.1 Å². The number of ether oxygens (including phenoxy) is 1. The van der Waals surface area contributed by atoms with Crippen molar-refractivity contribution in [1.82, 2.24) is 0 Å². The zero-order chi connectivity index (χ0) is 15.2. The first-order valence-corrected chi connectivity index (χ1v) is 7.11. The first kappa shape index (κ1) is 15.4. The number of anilines is 1. The smallest absolute Gasteiger partial charge is 0.288 e. The normalized spacial score (nSPS) is 10.7. The molecule has 6 heteroatoms. The summed E-state index contributed by atoms with van der Waals surface area (Å²) in [5, 5.41) is 13.0. The average Bonchev–Trinajstić information content (AvgIpc) is 2.47. The van der Waals surface area contributed by atoms with Crippen LogP contribution in [0.15, 0.2) is 47.4 Å². The minimum atomic E-state index is -2.42.